The number of anilines is 3. The monoisotopic (exact) mass is 1300 g/mol. The van der Waals surface area contributed by atoms with E-state index in [1.54, 1.807) is 97.7 Å². The van der Waals surface area contributed by atoms with Crippen molar-refractivity contribution in [1.29, 1.82) is 5.41 Å². The molecule has 30 heteroatoms. The van der Waals surface area contributed by atoms with Gasteiger partial charge >= 0.3 is 11.9 Å². The van der Waals surface area contributed by atoms with Crippen LogP contribution in [-0.2, 0) is 43.2 Å². The molecule has 94 heavy (non-hydrogen) atoms. The number of nitrogens with two attached hydrogens (primary N) is 1. The number of thioether (sulfide) groups is 1. The van der Waals surface area contributed by atoms with Gasteiger partial charge in [-0.1, -0.05) is 31.2 Å². The number of H-pyrrole nitrogens is 2. The van der Waals surface area contributed by atoms with Gasteiger partial charge in [0.1, 0.15) is 28.9 Å². The highest BCUT2D eigenvalue weighted by atomic mass is 32.2. The van der Waals surface area contributed by atoms with E-state index in [1.165, 1.54) is 6.92 Å². The first-order valence-corrected chi connectivity index (χ1v) is 30.8. The number of nitrogens with zero attached hydrogens (tertiary/aromatic N) is 3. The van der Waals surface area contributed by atoms with E-state index in [9.17, 15) is 57.8 Å². The minimum Gasteiger partial charge on any atom is -0.484 e. The summed E-state index contributed by atoms with van der Waals surface area (Å²) in [5.74, 6) is -6.51. The van der Waals surface area contributed by atoms with E-state index in [-0.39, 0.29) is 55.2 Å². The standard InChI is InChI=1S/C64H69N15O14S/c1-33-30-79(50-26-51(93-35(3)80)42-8-5-6-9-43(42)58(33)50)61(88)48-25-38-23-40(14-18-45(38)74-48)72-60(87)47-24-37-22-39(13-17-44(37)73-47)71-54(82)28-69-56(84)31-92-41-15-11-36(12-16-41)34(2)76-77-53(81)19-21-78-57(85)27-52(62(78)89)94-32-49(63(90)91)75-55(83)29-70-59(86)46(67-4)10-7-20-68-64(65)66/h5-6,8-9,11-18,22-26,33,46,49,52,67,73-74H,7,10,19-21,27-32H2,1-4H3,(H,69,84)(H,70,86)(H,71,82)(H,72,87)(H,75,83)(H,77,81)(H,90,91)(H4,65,66,68)/b76-34-/t33?,46-,49?,52?/m1/s1. The second-order valence-corrected chi connectivity index (χ2v) is 23.5. The van der Waals surface area contributed by atoms with Crippen LogP contribution in [0.2, 0.25) is 0 Å². The molecule has 29 nitrogen and oxygen atoms in total. The third kappa shape index (κ3) is 16.9. The quantitative estimate of drug-likeness (QED) is 0.00635. The van der Waals surface area contributed by atoms with Crippen molar-refractivity contribution in [2.45, 2.75) is 69.7 Å². The molecule has 490 valence electrons. The first kappa shape index (κ1) is 67.3. The van der Waals surface area contributed by atoms with Gasteiger partial charge in [0.25, 0.3) is 17.7 Å². The highest BCUT2D eigenvalue weighted by molar-refractivity contribution is 8.00. The number of nitrogens with one attached hydrogen (secondary N) is 11. The fourth-order valence-corrected chi connectivity index (χ4v) is 11.9. The van der Waals surface area contributed by atoms with Crippen LogP contribution in [0.3, 0.4) is 0 Å². The molecule has 2 aliphatic heterocycles. The van der Waals surface area contributed by atoms with Crippen LogP contribution in [0.25, 0.3) is 32.6 Å². The number of guanidine groups is 1. The molecule has 3 unspecified atom stereocenters. The van der Waals surface area contributed by atoms with Crippen molar-refractivity contribution in [3.63, 3.8) is 0 Å². The lowest BCUT2D eigenvalue weighted by Crippen LogP contribution is -2.50. The number of likely N-dealkylation sites (N-methyl/N-ethyl adjacent to an activating group) is 1. The minimum atomic E-state index is -1.45. The summed E-state index contributed by atoms with van der Waals surface area (Å²) in [7, 11) is 1.56. The number of hydrogen-bond acceptors (Lipinski definition) is 17. The number of aromatic nitrogens is 2. The third-order valence-electron chi connectivity index (χ3n) is 15.4. The molecular formula is C64H69N15O14S. The molecule has 4 heterocycles. The van der Waals surface area contributed by atoms with Crippen molar-refractivity contribution in [3.05, 3.63) is 126 Å². The smallest absolute Gasteiger partial charge is 0.327 e. The Hall–Kier alpha value is -11.1. The summed E-state index contributed by atoms with van der Waals surface area (Å²) in [5.41, 5.74) is 13.1. The second-order valence-electron chi connectivity index (χ2n) is 22.2. The Morgan fingerprint density at radius 2 is 1.46 bits per heavy atom. The fourth-order valence-electron chi connectivity index (χ4n) is 10.7. The Morgan fingerprint density at radius 3 is 2.14 bits per heavy atom. The van der Waals surface area contributed by atoms with Crippen LogP contribution >= 0.6 is 11.8 Å². The molecule has 0 radical (unpaired) electrons. The molecule has 14 N–H and O–H groups in total. The maximum atomic E-state index is 14.1. The Morgan fingerprint density at radius 1 is 0.787 bits per heavy atom. The van der Waals surface area contributed by atoms with E-state index in [0.717, 1.165) is 33.0 Å². The number of ether oxygens (including phenoxy) is 2. The van der Waals surface area contributed by atoms with Crippen LogP contribution in [0.5, 0.6) is 11.5 Å². The summed E-state index contributed by atoms with van der Waals surface area (Å²) < 4.78 is 11.2. The summed E-state index contributed by atoms with van der Waals surface area (Å²) in [5, 5.41) is 41.4. The highest BCUT2D eigenvalue weighted by Gasteiger charge is 2.40. The lowest BCUT2D eigenvalue weighted by molar-refractivity contribution is -0.141. The topological polar surface area (TPSA) is 423 Å². The van der Waals surface area contributed by atoms with Gasteiger partial charge in [-0.25, -0.2) is 10.2 Å². The van der Waals surface area contributed by atoms with Gasteiger partial charge in [0.05, 0.1) is 35.8 Å². The Labute approximate surface area is 540 Å². The first-order valence-electron chi connectivity index (χ1n) is 29.8. The van der Waals surface area contributed by atoms with Crippen molar-refractivity contribution < 1.29 is 67.3 Å². The van der Waals surface area contributed by atoms with E-state index < -0.39 is 89.7 Å². The number of imide groups is 1. The van der Waals surface area contributed by atoms with E-state index in [2.05, 4.69) is 64.6 Å². The molecular weight excluding hydrogens is 1230 g/mol. The SMILES string of the molecule is CN[C@H](CCCNC(=N)N)C(=O)NCC(=O)NC(CSC1CC(=O)N(CCC(=O)N/N=C(/C)c2ccc(OCC(=O)NCC(=O)Nc3ccc4[nH]c(C(=O)Nc5ccc6[nH]c(C(=O)N7CC(C)c8c7cc(OC(C)=O)c7ccccc87)cc6c5)cc4c3)cc2)C1=O)C(=O)O. The normalized spacial score (nSPS) is 15.0. The summed E-state index contributed by atoms with van der Waals surface area (Å²) >= 11 is 0.863. The molecule has 5 aromatic carbocycles. The van der Waals surface area contributed by atoms with Crippen LogP contribution in [0.15, 0.2) is 108 Å². The van der Waals surface area contributed by atoms with Gasteiger partial charge in [0.15, 0.2) is 12.6 Å². The second kappa shape index (κ2) is 30.3. The Kier molecular flexibility index (Phi) is 21.7. The van der Waals surface area contributed by atoms with Crippen molar-refractivity contribution in [1.82, 2.24) is 46.9 Å². The van der Waals surface area contributed by atoms with Crippen LogP contribution < -0.4 is 62.8 Å². The molecule has 9 amide bonds. The summed E-state index contributed by atoms with van der Waals surface area (Å²) in [6, 6.07) is 27.3. The number of benzene rings is 5. The Bertz CT molecular complexity index is 4190. The number of aliphatic carboxylic acids is 1. The lowest BCUT2D eigenvalue weighted by atomic mass is 9.95. The zero-order valence-corrected chi connectivity index (χ0v) is 52.3. The predicted molar refractivity (Wildman–Crippen MR) is 351 cm³/mol. The number of hydrazone groups is 1. The minimum absolute atomic E-state index is 0.0138. The average Bonchev–Trinajstić information content (AvgIpc) is 1.57. The molecule has 0 bridgehead atoms. The number of aromatic amines is 2. The maximum Gasteiger partial charge on any atom is 0.327 e. The summed E-state index contributed by atoms with van der Waals surface area (Å²) in [6.45, 7) is 4.22. The van der Waals surface area contributed by atoms with Crippen LogP contribution in [0, 0.1) is 5.41 Å². The molecule has 0 aliphatic carbocycles. The molecule has 0 saturated carbocycles. The Balaban J connectivity index is 0.669. The van der Waals surface area contributed by atoms with Crippen LogP contribution in [0.1, 0.15) is 84.5 Å². The van der Waals surface area contributed by atoms with Gasteiger partial charge in [-0.2, -0.15) is 5.10 Å². The number of fused-ring (bicyclic) bond motifs is 5. The number of carbonyl (C=O) groups excluding carboxylic acids is 10. The number of amides is 9. The van der Waals surface area contributed by atoms with Crippen LogP contribution in [0.4, 0.5) is 17.1 Å². The zero-order valence-electron chi connectivity index (χ0n) is 51.5. The molecule has 2 aliphatic rings. The molecule has 9 rings (SSSR count). The number of carboxylic acid groups (broad SMARTS) is 1. The van der Waals surface area contributed by atoms with Gasteiger partial charge in [0, 0.05) is 95.7 Å². The molecule has 7 aromatic rings. The van der Waals surface area contributed by atoms with E-state index in [1.807, 2.05) is 24.3 Å². The van der Waals surface area contributed by atoms with Gasteiger partial charge in [0.2, 0.25) is 35.4 Å². The summed E-state index contributed by atoms with van der Waals surface area (Å²) in [6.07, 6.45) is 0.316. The van der Waals surface area contributed by atoms with Gasteiger partial charge in [-0.05, 0) is 116 Å². The molecule has 0 spiro atoms. The number of esters is 1. The third-order valence-corrected chi connectivity index (χ3v) is 16.7. The van der Waals surface area contributed by atoms with Crippen molar-refractivity contribution in [3.8, 4) is 11.5 Å². The van der Waals surface area contributed by atoms with Crippen LogP contribution in [-0.4, -0.2) is 166 Å². The molecule has 2 aromatic heterocycles. The van der Waals surface area contributed by atoms with Gasteiger partial charge in [-0.3, -0.25) is 58.3 Å². The lowest BCUT2D eigenvalue weighted by Gasteiger charge is -2.18. The molecule has 1 saturated heterocycles. The number of rotatable bonds is 28. The molecule has 4 atom stereocenters. The number of carbonyl (C=O) groups is 11. The number of hydrogen-bond donors (Lipinski definition) is 13. The zero-order chi connectivity index (χ0) is 67.3. The van der Waals surface area contributed by atoms with Crippen molar-refractivity contribution in [2.75, 3.05) is 67.7 Å². The molecule has 1 fully saturated rings. The summed E-state index contributed by atoms with van der Waals surface area (Å²) in [4.78, 5) is 150. The average molecular weight is 1300 g/mol. The predicted octanol–water partition coefficient (Wildman–Crippen LogP) is 3.51. The van der Waals surface area contributed by atoms with Gasteiger partial charge < -0.3 is 72.4 Å². The maximum absolute atomic E-state index is 14.1. The van der Waals surface area contributed by atoms with Gasteiger partial charge in [-0.15, -0.1) is 11.8 Å². The van der Waals surface area contributed by atoms with E-state index >= 15 is 0 Å². The van der Waals surface area contributed by atoms with E-state index in [0.29, 0.717) is 93.3 Å². The fraction of sp³-hybridized carbons (Fsp3) is 0.297. The largest absolute Gasteiger partial charge is 0.484 e. The van der Waals surface area contributed by atoms with Crippen molar-refractivity contribution in [2.24, 2.45) is 10.8 Å². The van der Waals surface area contributed by atoms with Crippen molar-refractivity contribution >= 4 is 138 Å². The first-order chi connectivity index (χ1) is 45.0. The number of carboxylic acids is 1. The number of likely N-dealkylation sites (tertiary alicyclic amines) is 1. The highest BCUT2D eigenvalue weighted by Crippen LogP contribution is 2.45. The van der Waals surface area contributed by atoms with E-state index in [4.69, 9.17) is 20.6 Å².